The molecule has 0 radical (unpaired) electrons. The number of likely N-dealkylation sites (N-methyl/N-ethyl adjacent to an activating group) is 1. The summed E-state index contributed by atoms with van der Waals surface area (Å²) in [5.74, 6) is 0.396. The molecule has 2 aromatic rings. The van der Waals surface area contributed by atoms with Gasteiger partial charge in [-0.15, -0.1) is 0 Å². The zero-order chi connectivity index (χ0) is 14.7. The van der Waals surface area contributed by atoms with Gasteiger partial charge in [0.2, 0.25) is 0 Å². The highest BCUT2D eigenvalue weighted by molar-refractivity contribution is 6.31. The number of nitrogens with zero attached hydrogens (tertiary/aromatic N) is 2. The Kier molecular flexibility index (Phi) is 4.84. The van der Waals surface area contributed by atoms with E-state index < -0.39 is 0 Å². The molecule has 0 saturated heterocycles. The van der Waals surface area contributed by atoms with Gasteiger partial charge in [0.15, 0.2) is 0 Å². The molecular weight excluding hydrogens is 270 g/mol. The number of hydrogen-bond donors (Lipinski definition) is 1. The van der Waals surface area contributed by atoms with Gasteiger partial charge < -0.3 is 5.32 Å². The van der Waals surface area contributed by atoms with Gasteiger partial charge in [-0.3, -0.25) is 4.68 Å². The van der Waals surface area contributed by atoms with Crippen molar-refractivity contribution >= 4 is 11.6 Å². The van der Waals surface area contributed by atoms with Crippen LogP contribution in [0.2, 0.25) is 5.02 Å². The molecule has 20 heavy (non-hydrogen) atoms. The quantitative estimate of drug-likeness (QED) is 0.916. The molecule has 1 aromatic carbocycles. The molecule has 4 heteroatoms. The van der Waals surface area contributed by atoms with E-state index in [0.717, 1.165) is 29.4 Å². The van der Waals surface area contributed by atoms with Crippen LogP contribution in [-0.4, -0.2) is 23.4 Å². The fraction of sp³-hybridized carbons (Fsp3) is 0.438. The first-order valence-corrected chi connectivity index (χ1v) is 7.30. The minimum Gasteiger partial charge on any atom is -0.319 e. The maximum absolute atomic E-state index is 6.37. The van der Waals surface area contributed by atoms with Crippen LogP contribution in [0.5, 0.6) is 0 Å². The van der Waals surface area contributed by atoms with Crippen LogP contribution in [0.15, 0.2) is 24.3 Å². The Labute approximate surface area is 126 Å². The predicted octanol–water partition coefficient (Wildman–Crippen LogP) is 3.24. The van der Waals surface area contributed by atoms with Gasteiger partial charge in [0, 0.05) is 19.5 Å². The molecule has 2 rings (SSSR count). The SMILES string of the molecule is CNCC(Cc1c(Cl)c(C)nn1C)c1cccc(C)c1. The van der Waals surface area contributed by atoms with Crippen LogP contribution in [0.3, 0.4) is 0 Å². The molecule has 0 aliphatic carbocycles. The van der Waals surface area contributed by atoms with E-state index in [1.807, 2.05) is 25.7 Å². The van der Waals surface area contributed by atoms with Gasteiger partial charge in [-0.2, -0.15) is 5.10 Å². The zero-order valence-corrected chi connectivity index (χ0v) is 13.3. The molecule has 0 aliphatic rings. The van der Waals surface area contributed by atoms with Crippen molar-refractivity contribution in [3.05, 3.63) is 51.8 Å². The summed E-state index contributed by atoms with van der Waals surface area (Å²) in [6.45, 7) is 5.00. The molecule has 0 spiro atoms. The molecule has 0 fully saturated rings. The number of aryl methyl sites for hydroxylation is 3. The lowest BCUT2D eigenvalue weighted by Crippen LogP contribution is -2.20. The first-order valence-electron chi connectivity index (χ1n) is 6.92. The number of aromatic nitrogens is 2. The van der Waals surface area contributed by atoms with E-state index in [1.54, 1.807) is 0 Å². The first kappa shape index (κ1) is 15.1. The van der Waals surface area contributed by atoms with Crippen molar-refractivity contribution in [2.24, 2.45) is 7.05 Å². The minimum atomic E-state index is 0.396. The second-order valence-electron chi connectivity index (χ2n) is 5.34. The van der Waals surface area contributed by atoms with E-state index in [9.17, 15) is 0 Å². The minimum absolute atomic E-state index is 0.396. The fourth-order valence-corrected chi connectivity index (χ4v) is 2.85. The third-order valence-corrected chi connectivity index (χ3v) is 4.16. The van der Waals surface area contributed by atoms with Gasteiger partial charge in [0.25, 0.3) is 0 Å². The summed E-state index contributed by atoms with van der Waals surface area (Å²) < 4.78 is 1.90. The van der Waals surface area contributed by atoms with Gasteiger partial charge in [-0.1, -0.05) is 41.4 Å². The van der Waals surface area contributed by atoms with Crippen molar-refractivity contribution in [3.63, 3.8) is 0 Å². The molecular formula is C16H22ClN3. The maximum atomic E-state index is 6.37. The van der Waals surface area contributed by atoms with E-state index in [-0.39, 0.29) is 0 Å². The Morgan fingerprint density at radius 2 is 2.10 bits per heavy atom. The molecule has 108 valence electrons. The summed E-state index contributed by atoms with van der Waals surface area (Å²) >= 11 is 6.37. The lowest BCUT2D eigenvalue weighted by atomic mass is 9.93. The molecule has 0 amide bonds. The summed E-state index contributed by atoms with van der Waals surface area (Å²) in [4.78, 5) is 0. The molecule has 3 nitrogen and oxygen atoms in total. The van der Waals surface area contributed by atoms with Crippen molar-refractivity contribution in [1.29, 1.82) is 0 Å². The van der Waals surface area contributed by atoms with Gasteiger partial charge in [-0.25, -0.2) is 0 Å². The highest BCUT2D eigenvalue weighted by atomic mass is 35.5. The van der Waals surface area contributed by atoms with E-state index in [4.69, 9.17) is 11.6 Å². The van der Waals surface area contributed by atoms with Crippen molar-refractivity contribution in [3.8, 4) is 0 Å². The van der Waals surface area contributed by atoms with Crippen molar-refractivity contribution in [2.45, 2.75) is 26.2 Å². The van der Waals surface area contributed by atoms with Crippen LogP contribution in [-0.2, 0) is 13.5 Å². The Balaban J connectivity index is 2.30. The van der Waals surface area contributed by atoms with Crippen LogP contribution in [0, 0.1) is 13.8 Å². The Morgan fingerprint density at radius 3 is 2.65 bits per heavy atom. The van der Waals surface area contributed by atoms with Crippen molar-refractivity contribution in [1.82, 2.24) is 15.1 Å². The van der Waals surface area contributed by atoms with Gasteiger partial charge in [0.05, 0.1) is 16.4 Å². The van der Waals surface area contributed by atoms with E-state index in [2.05, 4.69) is 41.6 Å². The van der Waals surface area contributed by atoms with Crippen LogP contribution in [0.4, 0.5) is 0 Å². The molecule has 1 N–H and O–H groups in total. The topological polar surface area (TPSA) is 29.9 Å². The molecule has 0 aliphatic heterocycles. The lowest BCUT2D eigenvalue weighted by molar-refractivity contribution is 0.591. The number of nitrogens with one attached hydrogen (secondary N) is 1. The summed E-state index contributed by atoms with van der Waals surface area (Å²) in [6, 6.07) is 8.68. The van der Waals surface area contributed by atoms with Crippen molar-refractivity contribution < 1.29 is 0 Å². The third kappa shape index (κ3) is 3.22. The largest absolute Gasteiger partial charge is 0.319 e. The Morgan fingerprint density at radius 1 is 1.35 bits per heavy atom. The summed E-state index contributed by atoms with van der Waals surface area (Å²) in [5, 5.41) is 8.47. The Bertz CT molecular complexity index is 589. The molecule has 1 atom stereocenters. The van der Waals surface area contributed by atoms with Crippen LogP contribution < -0.4 is 5.32 Å². The summed E-state index contributed by atoms with van der Waals surface area (Å²) in [5.41, 5.74) is 4.63. The summed E-state index contributed by atoms with van der Waals surface area (Å²) in [7, 11) is 3.94. The van der Waals surface area contributed by atoms with E-state index in [1.165, 1.54) is 11.1 Å². The number of hydrogen-bond acceptors (Lipinski definition) is 2. The average molecular weight is 292 g/mol. The maximum Gasteiger partial charge on any atom is 0.0847 e. The predicted molar refractivity (Wildman–Crippen MR) is 84.5 cm³/mol. The van der Waals surface area contributed by atoms with E-state index >= 15 is 0 Å². The highest BCUT2D eigenvalue weighted by Gasteiger charge is 2.18. The number of rotatable bonds is 5. The third-order valence-electron chi connectivity index (χ3n) is 3.67. The average Bonchev–Trinajstić information content (AvgIpc) is 2.64. The smallest absolute Gasteiger partial charge is 0.0847 e. The number of halogens is 1. The van der Waals surface area contributed by atoms with Crippen LogP contribution >= 0.6 is 11.6 Å². The Hall–Kier alpha value is -1.32. The van der Waals surface area contributed by atoms with Gasteiger partial charge in [0.1, 0.15) is 0 Å². The summed E-state index contributed by atoms with van der Waals surface area (Å²) in [6.07, 6.45) is 0.889. The van der Waals surface area contributed by atoms with Gasteiger partial charge in [-0.05, 0) is 32.9 Å². The second-order valence-corrected chi connectivity index (χ2v) is 5.72. The number of benzene rings is 1. The second kappa shape index (κ2) is 6.42. The molecule has 0 saturated carbocycles. The highest BCUT2D eigenvalue weighted by Crippen LogP contribution is 2.27. The molecule has 1 heterocycles. The van der Waals surface area contributed by atoms with Gasteiger partial charge >= 0.3 is 0 Å². The zero-order valence-electron chi connectivity index (χ0n) is 12.6. The van der Waals surface area contributed by atoms with Crippen LogP contribution in [0.25, 0.3) is 0 Å². The fourth-order valence-electron chi connectivity index (χ4n) is 2.61. The monoisotopic (exact) mass is 291 g/mol. The standard InChI is InChI=1S/C16H22ClN3/c1-11-6-5-7-13(8-11)14(10-18-3)9-15-16(17)12(2)19-20(15)4/h5-8,14,18H,9-10H2,1-4H3. The first-order chi connectivity index (χ1) is 9.52. The normalized spacial score (nSPS) is 12.7. The lowest BCUT2D eigenvalue weighted by Gasteiger charge is -2.18. The molecule has 0 bridgehead atoms. The van der Waals surface area contributed by atoms with E-state index in [0.29, 0.717) is 5.92 Å². The van der Waals surface area contributed by atoms with Crippen LogP contribution in [0.1, 0.15) is 28.4 Å². The molecule has 1 unspecified atom stereocenters. The molecule has 1 aromatic heterocycles. The van der Waals surface area contributed by atoms with Crippen molar-refractivity contribution in [2.75, 3.05) is 13.6 Å².